The summed E-state index contributed by atoms with van der Waals surface area (Å²) in [7, 11) is -2.11. The molecular weight excluding hydrogens is 376 g/mol. The quantitative estimate of drug-likeness (QED) is 0.780. The zero-order valence-corrected chi connectivity index (χ0v) is 16.3. The number of rotatable bonds is 7. The maximum atomic E-state index is 12.5. The van der Waals surface area contributed by atoms with Crippen molar-refractivity contribution in [3.8, 4) is 5.75 Å². The van der Waals surface area contributed by atoms with Gasteiger partial charge in [-0.1, -0.05) is 29.8 Å². The third-order valence-corrected chi connectivity index (χ3v) is 5.23. The number of anilines is 1. The van der Waals surface area contributed by atoms with Crippen molar-refractivity contribution in [2.24, 2.45) is 0 Å². The highest BCUT2D eigenvalue weighted by atomic mass is 35.5. The number of sulfonamides is 1. The van der Waals surface area contributed by atoms with E-state index in [2.05, 4.69) is 5.32 Å². The van der Waals surface area contributed by atoms with Gasteiger partial charge in [-0.2, -0.15) is 0 Å². The minimum atomic E-state index is -3.68. The monoisotopic (exact) mass is 396 g/mol. The van der Waals surface area contributed by atoms with E-state index in [-0.39, 0.29) is 6.54 Å². The summed E-state index contributed by atoms with van der Waals surface area (Å²) < 4.78 is 30.7. The molecular formula is C18H21ClN2O4S. The molecule has 1 atom stereocenters. The molecule has 0 bridgehead atoms. The smallest absolute Gasteiger partial charge is 0.243 e. The van der Waals surface area contributed by atoms with Crippen molar-refractivity contribution in [2.45, 2.75) is 19.5 Å². The minimum Gasteiger partial charge on any atom is -0.497 e. The molecule has 1 unspecified atom stereocenters. The second kappa shape index (κ2) is 8.42. The molecule has 2 rings (SSSR count). The summed E-state index contributed by atoms with van der Waals surface area (Å²) in [4.78, 5) is 12.5. The van der Waals surface area contributed by atoms with Crippen molar-refractivity contribution in [1.29, 1.82) is 0 Å². The van der Waals surface area contributed by atoms with E-state index in [9.17, 15) is 13.2 Å². The van der Waals surface area contributed by atoms with Crippen LogP contribution in [0, 0.1) is 0 Å². The van der Waals surface area contributed by atoms with E-state index < -0.39 is 22.0 Å². The molecule has 6 nitrogen and oxygen atoms in total. The van der Waals surface area contributed by atoms with Gasteiger partial charge >= 0.3 is 0 Å². The first-order chi connectivity index (χ1) is 12.2. The number of carbonyl (C=O) groups excluding carboxylic acids is 1. The van der Waals surface area contributed by atoms with Crippen molar-refractivity contribution in [3.05, 3.63) is 59.1 Å². The Morgan fingerprint density at radius 1 is 1.23 bits per heavy atom. The van der Waals surface area contributed by atoms with Crippen molar-refractivity contribution in [1.82, 2.24) is 5.32 Å². The van der Waals surface area contributed by atoms with Crippen LogP contribution in [0.3, 0.4) is 0 Å². The fourth-order valence-corrected chi connectivity index (χ4v) is 3.89. The number of ether oxygens (including phenoxy) is 1. The standard InChI is InChI=1S/C18H21ClN2O4S/c1-13(18(22)20-12-14-6-4-9-17(10-14)25-2)21(26(3,23)24)16-8-5-7-15(19)11-16/h4-11,13H,12H2,1-3H3,(H,20,22). The molecule has 26 heavy (non-hydrogen) atoms. The van der Waals surface area contributed by atoms with Crippen LogP contribution in [-0.4, -0.2) is 33.7 Å². The van der Waals surface area contributed by atoms with E-state index in [4.69, 9.17) is 16.3 Å². The Morgan fingerprint density at radius 3 is 2.54 bits per heavy atom. The summed E-state index contributed by atoms with van der Waals surface area (Å²) in [5.74, 6) is 0.264. The number of hydrogen-bond acceptors (Lipinski definition) is 4. The lowest BCUT2D eigenvalue weighted by molar-refractivity contribution is -0.122. The number of carbonyl (C=O) groups is 1. The summed E-state index contributed by atoms with van der Waals surface area (Å²) >= 11 is 5.96. The number of amides is 1. The lowest BCUT2D eigenvalue weighted by atomic mass is 10.2. The van der Waals surface area contributed by atoms with Crippen LogP contribution in [0.4, 0.5) is 5.69 Å². The van der Waals surface area contributed by atoms with Crippen LogP contribution in [0.2, 0.25) is 5.02 Å². The van der Waals surface area contributed by atoms with Gasteiger partial charge in [0.1, 0.15) is 11.8 Å². The molecule has 1 N–H and O–H groups in total. The fourth-order valence-electron chi connectivity index (χ4n) is 2.54. The third kappa shape index (κ3) is 5.12. The van der Waals surface area contributed by atoms with Crippen LogP contribution in [0.25, 0.3) is 0 Å². The summed E-state index contributed by atoms with van der Waals surface area (Å²) in [5.41, 5.74) is 1.18. The molecule has 0 heterocycles. The van der Waals surface area contributed by atoms with Crippen molar-refractivity contribution < 1.29 is 17.9 Å². The van der Waals surface area contributed by atoms with Gasteiger partial charge in [0, 0.05) is 11.6 Å². The highest BCUT2D eigenvalue weighted by Gasteiger charge is 2.29. The van der Waals surface area contributed by atoms with Gasteiger partial charge < -0.3 is 10.1 Å². The zero-order valence-electron chi connectivity index (χ0n) is 14.8. The Hall–Kier alpha value is -2.25. The molecule has 0 saturated heterocycles. The van der Waals surface area contributed by atoms with Gasteiger partial charge in [-0.25, -0.2) is 8.42 Å². The van der Waals surface area contributed by atoms with Gasteiger partial charge in [0.15, 0.2) is 0 Å². The molecule has 1 amide bonds. The lowest BCUT2D eigenvalue weighted by Gasteiger charge is -2.28. The summed E-state index contributed by atoms with van der Waals surface area (Å²) in [6.45, 7) is 1.79. The van der Waals surface area contributed by atoms with Crippen molar-refractivity contribution in [2.75, 3.05) is 17.7 Å². The van der Waals surface area contributed by atoms with Crippen LogP contribution in [0.1, 0.15) is 12.5 Å². The van der Waals surface area contributed by atoms with E-state index in [1.54, 1.807) is 37.4 Å². The number of methoxy groups -OCH3 is 1. The Balaban J connectivity index is 2.17. The van der Waals surface area contributed by atoms with Crippen LogP contribution in [-0.2, 0) is 21.4 Å². The van der Waals surface area contributed by atoms with Gasteiger partial charge in [0.05, 0.1) is 19.1 Å². The normalized spacial score (nSPS) is 12.3. The van der Waals surface area contributed by atoms with Gasteiger partial charge in [0.25, 0.3) is 0 Å². The van der Waals surface area contributed by atoms with Crippen LogP contribution >= 0.6 is 11.6 Å². The molecule has 0 spiro atoms. The van der Waals surface area contributed by atoms with E-state index in [1.807, 2.05) is 12.1 Å². The molecule has 0 aliphatic rings. The van der Waals surface area contributed by atoms with Crippen LogP contribution in [0.15, 0.2) is 48.5 Å². The first kappa shape index (κ1) is 20.1. The molecule has 0 radical (unpaired) electrons. The predicted molar refractivity (Wildman–Crippen MR) is 103 cm³/mol. The Morgan fingerprint density at radius 2 is 1.92 bits per heavy atom. The molecule has 140 valence electrons. The molecule has 2 aromatic rings. The van der Waals surface area contributed by atoms with E-state index >= 15 is 0 Å². The van der Waals surface area contributed by atoms with Gasteiger partial charge in [0.2, 0.25) is 15.9 Å². The summed E-state index contributed by atoms with van der Waals surface area (Å²) in [6.07, 6.45) is 1.06. The highest BCUT2D eigenvalue weighted by Crippen LogP contribution is 2.24. The number of benzene rings is 2. The van der Waals surface area contributed by atoms with Crippen molar-refractivity contribution >= 4 is 33.2 Å². The van der Waals surface area contributed by atoms with E-state index in [1.165, 1.54) is 13.0 Å². The average Bonchev–Trinajstić information content (AvgIpc) is 2.58. The SMILES string of the molecule is COc1cccc(CNC(=O)C(C)N(c2cccc(Cl)c2)S(C)(=O)=O)c1. The molecule has 0 saturated carbocycles. The third-order valence-electron chi connectivity index (χ3n) is 3.75. The van der Waals surface area contributed by atoms with E-state index in [0.29, 0.717) is 16.5 Å². The molecule has 2 aromatic carbocycles. The van der Waals surface area contributed by atoms with Crippen LogP contribution < -0.4 is 14.4 Å². The maximum absolute atomic E-state index is 12.5. The number of halogens is 1. The molecule has 8 heteroatoms. The first-order valence-electron chi connectivity index (χ1n) is 7.88. The van der Waals surface area contributed by atoms with Gasteiger partial charge in [-0.3, -0.25) is 9.10 Å². The lowest BCUT2D eigenvalue weighted by Crippen LogP contribution is -2.47. The Kier molecular flexibility index (Phi) is 6.50. The minimum absolute atomic E-state index is 0.257. The molecule has 0 aliphatic carbocycles. The fraction of sp³-hybridized carbons (Fsp3) is 0.278. The predicted octanol–water partition coefficient (Wildman–Crippen LogP) is 2.82. The van der Waals surface area contributed by atoms with Gasteiger partial charge in [-0.15, -0.1) is 0 Å². The maximum Gasteiger partial charge on any atom is 0.243 e. The number of nitrogens with zero attached hydrogens (tertiary/aromatic N) is 1. The molecule has 0 fully saturated rings. The second-order valence-corrected chi connectivity index (χ2v) is 8.08. The highest BCUT2D eigenvalue weighted by molar-refractivity contribution is 7.92. The number of nitrogens with one attached hydrogen (secondary N) is 1. The zero-order chi connectivity index (χ0) is 19.3. The second-order valence-electron chi connectivity index (χ2n) is 5.78. The molecule has 0 aliphatic heterocycles. The van der Waals surface area contributed by atoms with Crippen molar-refractivity contribution in [3.63, 3.8) is 0 Å². The molecule has 0 aromatic heterocycles. The topological polar surface area (TPSA) is 75.7 Å². The largest absolute Gasteiger partial charge is 0.497 e. The summed E-state index contributed by atoms with van der Waals surface area (Å²) in [5, 5.41) is 3.14. The van der Waals surface area contributed by atoms with Gasteiger partial charge in [-0.05, 0) is 42.8 Å². The van der Waals surface area contributed by atoms with E-state index in [0.717, 1.165) is 16.1 Å². The average molecular weight is 397 g/mol. The summed E-state index contributed by atoms with van der Waals surface area (Å²) in [6, 6.07) is 12.7. The Labute approximate surface area is 158 Å². The van der Waals surface area contributed by atoms with Crippen LogP contribution in [0.5, 0.6) is 5.75 Å². The Bertz CT molecular complexity index is 886. The first-order valence-corrected chi connectivity index (χ1v) is 10.1. The number of hydrogen-bond donors (Lipinski definition) is 1.